The van der Waals surface area contributed by atoms with Crippen LogP contribution in [-0.2, 0) is 23.0 Å². The minimum absolute atomic E-state index is 0.0571. The molecule has 0 unspecified atom stereocenters. The van der Waals surface area contributed by atoms with Crippen molar-refractivity contribution in [2.75, 3.05) is 0 Å². The lowest BCUT2D eigenvalue weighted by atomic mass is 9.96. The second kappa shape index (κ2) is 6.15. The van der Waals surface area contributed by atoms with Gasteiger partial charge in [-0.25, -0.2) is 0 Å². The molecule has 2 N–H and O–H groups in total. The predicted molar refractivity (Wildman–Crippen MR) is 81.1 cm³/mol. The Balaban J connectivity index is 3.10. The number of aromatic nitrogens is 1. The normalized spacial score (nSPS) is 12.4. The van der Waals surface area contributed by atoms with Crippen molar-refractivity contribution in [2.45, 2.75) is 26.4 Å². The van der Waals surface area contributed by atoms with Crippen LogP contribution in [0.4, 0.5) is 13.2 Å². The van der Waals surface area contributed by atoms with Crippen LogP contribution in [-0.4, -0.2) is 23.7 Å². The molecule has 0 aliphatic heterocycles. The Morgan fingerprint density at radius 2 is 1.92 bits per heavy atom. The van der Waals surface area contributed by atoms with Crippen LogP contribution in [0.15, 0.2) is 16.9 Å². The summed E-state index contributed by atoms with van der Waals surface area (Å²) in [6.45, 7) is 2.52. The summed E-state index contributed by atoms with van der Waals surface area (Å²) >= 11 is 0. The molecule has 0 bridgehead atoms. The van der Waals surface area contributed by atoms with E-state index >= 15 is 0 Å². The maximum Gasteiger partial charge on any atom is 0.446 e. The quantitative estimate of drug-likeness (QED) is 0.623. The van der Waals surface area contributed by atoms with Crippen molar-refractivity contribution in [2.24, 2.45) is 0 Å². The van der Waals surface area contributed by atoms with Crippen LogP contribution in [0.3, 0.4) is 0 Å². The highest BCUT2D eigenvalue weighted by Crippen LogP contribution is 2.39. The summed E-state index contributed by atoms with van der Waals surface area (Å²) in [6, 6.07) is 1.20. The number of alkyl halides is 3. The number of hydrogen-bond acceptors (Lipinski definition) is 5. The van der Waals surface area contributed by atoms with Gasteiger partial charge in [-0.15, -0.1) is 0 Å². The predicted octanol–water partition coefficient (Wildman–Crippen LogP) is 2.49. The summed E-state index contributed by atoms with van der Waals surface area (Å²) < 4.78 is 74.8. The lowest BCUT2D eigenvalue weighted by Gasteiger charge is -2.16. The monoisotopic (exact) mass is 379 g/mol. The van der Waals surface area contributed by atoms with E-state index in [0.29, 0.717) is 12.1 Å². The molecule has 2 aromatic rings. The third-order valence-electron chi connectivity index (χ3n) is 3.44. The smallest absolute Gasteiger partial charge is 0.361 e. The number of carbonyl (C=O) groups excluding carboxylic acids is 1. The largest absolute Gasteiger partial charge is 0.446 e. The highest BCUT2D eigenvalue weighted by molar-refractivity contribution is 7.81. The first-order chi connectivity index (χ1) is 11.4. The highest BCUT2D eigenvalue weighted by Gasteiger charge is 2.35. The van der Waals surface area contributed by atoms with Gasteiger partial charge in [-0.05, 0) is 31.0 Å². The number of nitrogens with one attached hydrogen (secondary N) is 1. The van der Waals surface area contributed by atoms with E-state index in [2.05, 4.69) is 4.18 Å². The standard InChI is InChI=1S/C14H12F3NO6S/c1-3-7-10(6(2)19)13(20)18-12-8(14(15,16)17)4-5-9(11(7)12)24-25(21,22)23/h4-5H,3H2,1-2H3,(H,18,20)(H,21,22,23). The summed E-state index contributed by atoms with van der Waals surface area (Å²) in [5.74, 6) is -1.35. The Hall–Kier alpha value is -2.40. The van der Waals surface area contributed by atoms with Crippen LogP contribution in [0.1, 0.15) is 35.3 Å². The average molecular weight is 379 g/mol. The summed E-state index contributed by atoms with van der Waals surface area (Å²) in [5, 5.41) is -0.417. The maximum atomic E-state index is 13.2. The minimum atomic E-state index is -5.04. The van der Waals surface area contributed by atoms with Crippen LogP contribution in [0.2, 0.25) is 0 Å². The topological polar surface area (TPSA) is 114 Å². The van der Waals surface area contributed by atoms with Crippen molar-refractivity contribution in [3.8, 4) is 5.75 Å². The number of halogens is 3. The molecule has 7 nitrogen and oxygen atoms in total. The molecule has 0 fully saturated rings. The van der Waals surface area contributed by atoms with E-state index in [1.54, 1.807) is 0 Å². The molecule has 0 aliphatic rings. The van der Waals surface area contributed by atoms with Gasteiger partial charge in [-0.1, -0.05) is 6.92 Å². The summed E-state index contributed by atoms with van der Waals surface area (Å²) in [7, 11) is -5.04. The first kappa shape index (κ1) is 18.9. The van der Waals surface area contributed by atoms with Crippen LogP contribution < -0.4 is 9.74 Å². The van der Waals surface area contributed by atoms with Gasteiger partial charge in [0.05, 0.1) is 16.6 Å². The molecule has 11 heteroatoms. The molecule has 0 amide bonds. The fourth-order valence-electron chi connectivity index (χ4n) is 2.60. The van der Waals surface area contributed by atoms with Gasteiger partial charge in [0.15, 0.2) is 11.5 Å². The van der Waals surface area contributed by atoms with Crippen LogP contribution in [0.25, 0.3) is 10.9 Å². The van der Waals surface area contributed by atoms with Crippen molar-refractivity contribution in [3.05, 3.63) is 39.2 Å². The molecule has 25 heavy (non-hydrogen) atoms. The van der Waals surface area contributed by atoms with E-state index in [1.165, 1.54) is 6.92 Å². The van der Waals surface area contributed by atoms with Gasteiger partial charge in [-0.3, -0.25) is 14.1 Å². The summed E-state index contributed by atoms with van der Waals surface area (Å²) in [4.78, 5) is 25.8. The molecule has 0 radical (unpaired) electrons. The van der Waals surface area contributed by atoms with Crippen molar-refractivity contribution in [3.63, 3.8) is 0 Å². The number of aryl methyl sites for hydroxylation is 1. The molecular weight excluding hydrogens is 367 g/mol. The molecule has 0 saturated carbocycles. The number of Topliss-reactive ketones (excluding diaryl/α,β-unsaturated/α-hetero) is 1. The number of H-pyrrole nitrogens is 1. The van der Waals surface area contributed by atoms with Crippen molar-refractivity contribution in [1.82, 2.24) is 4.98 Å². The number of hydrogen-bond donors (Lipinski definition) is 2. The van der Waals surface area contributed by atoms with E-state index in [0.717, 1.165) is 6.92 Å². The molecule has 0 saturated heterocycles. The van der Waals surface area contributed by atoms with Gasteiger partial charge in [0.25, 0.3) is 5.56 Å². The van der Waals surface area contributed by atoms with Crippen LogP contribution in [0.5, 0.6) is 5.75 Å². The van der Waals surface area contributed by atoms with E-state index in [-0.39, 0.29) is 12.0 Å². The van der Waals surface area contributed by atoms with Gasteiger partial charge in [0.1, 0.15) is 0 Å². The van der Waals surface area contributed by atoms with Crippen LogP contribution in [0, 0.1) is 0 Å². The number of rotatable bonds is 4. The summed E-state index contributed by atoms with van der Waals surface area (Å²) in [6.07, 6.45) is -4.92. The minimum Gasteiger partial charge on any atom is -0.361 e. The van der Waals surface area contributed by atoms with Crippen molar-refractivity contribution >= 4 is 27.1 Å². The van der Waals surface area contributed by atoms with Gasteiger partial charge < -0.3 is 9.17 Å². The second-order valence-corrected chi connectivity index (χ2v) is 6.11. The van der Waals surface area contributed by atoms with E-state index in [9.17, 15) is 31.2 Å². The Bertz CT molecular complexity index is 1020. The van der Waals surface area contributed by atoms with Gasteiger partial charge >= 0.3 is 16.6 Å². The Morgan fingerprint density at radius 1 is 1.32 bits per heavy atom. The van der Waals surface area contributed by atoms with Crippen molar-refractivity contribution in [1.29, 1.82) is 0 Å². The van der Waals surface area contributed by atoms with Gasteiger partial charge in [0, 0.05) is 5.39 Å². The molecule has 2 rings (SSSR count). The van der Waals surface area contributed by atoms with Gasteiger partial charge in [0.2, 0.25) is 0 Å². The molecule has 1 aromatic heterocycles. The zero-order chi connectivity index (χ0) is 19.2. The Morgan fingerprint density at radius 3 is 2.36 bits per heavy atom. The van der Waals surface area contributed by atoms with E-state index < -0.39 is 55.7 Å². The molecule has 0 spiro atoms. The first-order valence-corrected chi connectivity index (χ1v) is 8.20. The lowest BCUT2D eigenvalue weighted by Crippen LogP contribution is -2.22. The molecule has 136 valence electrons. The molecular formula is C14H12F3NO6S. The second-order valence-electron chi connectivity index (χ2n) is 5.09. The van der Waals surface area contributed by atoms with Crippen LogP contribution >= 0.6 is 0 Å². The number of fused-ring (bicyclic) bond motifs is 1. The molecule has 1 heterocycles. The number of carbonyl (C=O) groups is 1. The SMILES string of the molecule is CCc1c(C(C)=O)c(=O)[nH]c2c(C(F)(F)F)ccc(OS(=O)(=O)O)c12. The summed E-state index contributed by atoms with van der Waals surface area (Å²) in [5.41, 5.74) is -3.54. The zero-order valence-electron chi connectivity index (χ0n) is 12.9. The number of pyridine rings is 1. The fourth-order valence-corrected chi connectivity index (χ4v) is 2.96. The fraction of sp³-hybridized carbons (Fsp3) is 0.286. The third-order valence-corrected chi connectivity index (χ3v) is 3.83. The Kier molecular flexibility index (Phi) is 4.66. The number of ketones is 1. The van der Waals surface area contributed by atoms with E-state index in [1.807, 2.05) is 4.98 Å². The van der Waals surface area contributed by atoms with E-state index in [4.69, 9.17) is 4.55 Å². The molecule has 0 aliphatic carbocycles. The average Bonchev–Trinajstić information content (AvgIpc) is 2.42. The third kappa shape index (κ3) is 3.66. The lowest BCUT2D eigenvalue weighted by molar-refractivity contribution is -0.136. The molecule has 1 aromatic carbocycles. The first-order valence-electron chi connectivity index (χ1n) is 6.83. The Labute approximate surface area is 139 Å². The zero-order valence-corrected chi connectivity index (χ0v) is 13.7. The number of aromatic amines is 1. The highest BCUT2D eigenvalue weighted by atomic mass is 32.3. The maximum absolute atomic E-state index is 13.2. The van der Waals surface area contributed by atoms with Crippen molar-refractivity contribution < 1.29 is 35.1 Å². The van der Waals surface area contributed by atoms with Gasteiger partial charge in [-0.2, -0.15) is 21.6 Å². The molecule has 0 atom stereocenters. The number of benzene rings is 1.